The van der Waals surface area contributed by atoms with Crippen molar-refractivity contribution in [1.29, 1.82) is 0 Å². The minimum absolute atomic E-state index is 0. The molecule has 5 rings (SSSR count). The molecule has 0 amide bonds. The predicted octanol–water partition coefficient (Wildman–Crippen LogP) is 5.55. The number of rotatable bonds is 5. The van der Waals surface area contributed by atoms with Crippen molar-refractivity contribution in [3.05, 3.63) is 107 Å². The highest BCUT2D eigenvalue weighted by Gasteiger charge is 2.21. The van der Waals surface area contributed by atoms with Gasteiger partial charge in [-0.3, -0.25) is 4.90 Å². The molecule has 3 aromatic carbocycles. The number of halogens is 1. The van der Waals surface area contributed by atoms with Crippen LogP contribution in [0.5, 0.6) is 0 Å². The second kappa shape index (κ2) is 10.9. The third-order valence-corrected chi connectivity index (χ3v) is 6.92. The summed E-state index contributed by atoms with van der Waals surface area (Å²) in [6.07, 6.45) is 5.60. The maximum Gasteiger partial charge on any atom is 0.337 e. The molecule has 0 spiro atoms. The van der Waals surface area contributed by atoms with Crippen molar-refractivity contribution in [2.75, 3.05) is 37.6 Å². The van der Waals surface area contributed by atoms with Gasteiger partial charge in [0.2, 0.25) is 0 Å². The highest BCUT2D eigenvalue weighted by molar-refractivity contribution is 5.94. The zero-order chi connectivity index (χ0) is 22.6. The zero-order valence-electron chi connectivity index (χ0n) is 19.3. The smallest absolute Gasteiger partial charge is 0.337 e. The van der Waals surface area contributed by atoms with Gasteiger partial charge in [0, 0.05) is 32.7 Å². The molecule has 5 heteroatoms. The van der Waals surface area contributed by atoms with Crippen LogP contribution in [0.25, 0.3) is 5.57 Å². The summed E-state index contributed by atoms with van der Waals surface area (Å²) >= 11 is 0. The van der Waals surface area contributed by atoms with Gasteiger partial charge in [0.1, 0.15) is 0 Å². The van der Waals surface area contributed by atoms with Crippen LogP contribution < -0.4 is 4.90 Å². The van der Waals surface area contributed by atoms with Gasteiger partial charge in [-0.1, -0.05) is 66.7 Å². The molecule has 34 heavy (non-hydrogen) atoms. The summed E-state index contributed by atoms with van der Waals surface area (Å²) in [6.45, 7) is 4.62. The first-order valence-corrected chi connectivity index (χ1v) is 11.9. The average Bonchev–Trinajstić information content (AvgIpc) is 3.02. The van der Waals surface area contributed by atoms with Crippen molar-refractivity contribution in [2.45, 2.75) is 19.3 Å². The number of carbonyl (C=O) groups is 1. The first-order chi connectivity index (χ1) is 16.2. The van der Waals surface area contributed by atoms with Gasteiger partial charge in [-0.2, -0.15) is 0 Å². The molecule has 1 aliphatic heterocycles. The van der Waals surface area contributed by atoms with E-state index in [9.17, 15) is 9.90 Å². The number of hydrogen-bond acceptors (Lipinski definition) is 3. The Morgan fingerprint density at radius 2 is 1.35 bits per heavy atom. The lowest BCUT2D eigenvalue weighted by Crippen LogP contribution is -2.47. The third-order valence-electron chi connectivity index (χ3n) is 6.92. The predicted molar refractivity (Wildman–Crippen MR) is 141 cm³/mol. The van der Waals surface area contributed by atoms with Gasteiger partial charge in [0.15, 0.2) is 0 Å². The van der Waals surface area contributed by atoms with Gasteiger partial charge in [-0.05, 0) is 59.2 Å². The molecule has 2 aliphatic rings. The number of hydrogen-bond donors (Lipinski definition) is 1. The Morgan fingerprint density at radius 1 is 0.794 bits per heavy atom. The van der Waals surface area contributed by atoms with Crippen LogP contribution in [0, 0.1) is 0 Å². The molecule has 176 valence electrons. The Kier molecular flexibility index (Phi) is 7.71. The minimum Gasteiger partial charge on any atom is -0.478 e. The number of para-hydroxylation sites is 1. The van der Waals surface area contributed by atoms with Crippen molar-refractivity contribution in [1.82, 2.24) is 4.90 Å². The molecule has 1 heterocycles. The first kappa shape index (κ1) is 24.1. The van der Waals surface area contributed by atoms with E-state index < -0.39 is 5.97 Å². The second-order valence-electron chi connectivity index (χ2n) is 8.87. The second-order valence-corrected chi connectivity index (χ2v) is 8.87. The van der Waals surface area contributed by atoms with Gasteiger partial charge in [0.25, 0.3) is 0 Å². The van der Waals surface area contributed by atoms with Crippen molar-refractivity contribution in [3.8, 4) is 0 Å². The molecule has 0 atom stereocenters. The number of benzene rings is 3. The summed E-state index contributed by atoms with van der Waals surface area (Å²) in [5.74, 6) is -0.858. The van der Waals surface area contributed by atoms with Crippen LogP contribution in [-0.2, 0) is 12.8 Å². The van der Waals surface area contributed by atoms with E-state index in [-0.39, 0.29) is 12.4 Å². The molecular weight excluding hydrogens is 444 g/mol. The van der Waals surface area contributed by atoms with Gasteiger partial charge in [-0.25, -0.2) is 4.79 Å². The third kappa shape index (κ3) is 5.03. The van der Waals surface area contributed by atoms with E-state index in [2.05, 4.69) is 64.4 Å². The molecule has 1 fully saturated rings. The number of nitrogens with zero attached hydrogens (tertiary/aromatic N) is 2. The van der Waals surface area contributed by atoms with Crippen LogP contribution in [0.4, 0.5) is 5.69 Å². The van der Waals surface area contributed by atoms with E-state index in [0.717, 1.165) is 57.7 Å². The van der Waals surface area contributed by atoms with Crippen LogP contribution >= 0.6 is 12.4 Å². The topological polar surface area (TPSA) is 43.8 Å². The molecule has 0 saturated carbocycles. The fourth-order valence-corrected chi connectivity index (χ4v) is 5.17. The lowest BCUT2D eigenvalue weighted by atomic mass is 9.93. The van der Waals surface area contributed by atoms with E-state index in [1.165, 1.54) is 27.8 Å². The Labute approximate surface area is 207 Å². The van der Waals surface area contributed by atoms with Gasteiger partial charge < -0.3 is 10.0 Å². The minimum atomic E-state index is -0.858. The monoisotopic (exact) mass is 474 g/mol. The van der Waals surface area contributed by atoms with Crippen LogP contribution in [0.2, 0.25) is 0 Å². The fourth-order valence-electron chi connectivity index (χ4n) is 5.17. The molecule has 0 aromatic heterocycles. The molecule has 4 nitrogen and oxygen atoms in total. The molecule has 3 aromatic rings. The first-order valence-electron chi connectivity index (χ1n) is 11.9. The molecular formula is C29H31ClN2O2. The number of piperazine rings is 1. The van der Waals surface area contributed by atoms with Crippen LogP contribution in [-0.4, -0.2) is 48.7 Å². The fraction of sp³-hybridized carbons (Fsp3) is 0.276. The van der Waals surface area contributed by atoms with E-state index in [4.69, 9.17) is 0 Å². The Bertz CT molecular complexity index is 1130. The summed E-state index contributed by atoms with van der Waals surface area (Å²) in [5, 5.41) is 9.50. The van der Waals surface area contributed by atoms with Gasteiger partial charge in [0.05, 0.1) is 11.3 Å². The zero-order valence-corrected chi connectivity index (χ0v) is 20.1. The normalized spacial score (nSPS) is 15.5. The molecule has 0 bridgehead atoms. The molecule has 0 radical (unpaired) electrons. The summed E-state index contributed by atoms with van der Waals surface area (Å²) in [6, 6.07) is 25.0. The highest BCUT2D eigenvalue weighted by atomic mass is 35.5. The maximum atomic E-state index is 11.6. The van der Waals surface area contributed by atoms with Crippen LogP contribution in [0.15, 0.2) is 78.9 Å². The van der Waals surface area contributed by atoms with E-state index in [0.29, 0.717) is 5.56 Å². The Balaban J connectivity index is 0.00000274. The highest BCUT2D eigenvalue weighted by Crippen LogP contribution is 2.33. The van der Waals surface area contributed by atoms with E-state index >= 15 is 0 Å². The van der Waals surface area contributed by atoms with E-state index in [1.807, 2.05) is 12.1 Å². The number of fused-ring (bicyclic) bond motifs is 2. The SMILES string of the molecule is Cl.O=C(O)c1ccccc1N1CCN(CCC=C2c3ccccc3CCc3ccccc32)CC1. The summed E-state index contributed by atoms with van der Waals surface area (Å²) < 4.78 is 0. The lowest BCUT2D eigenvalue weighted by molar-refractivity contribution is 0.0697. The van der Waals surface area contributed by atoms with Crippen molar-refractivity contribution in [2.24, 2.45) is 0 Å². The van der Waals surface area contributed by atoms with Gasteiger partial charge in [-0.15, -0.1) is 12.4 Å². The quantitative estimate of drug-likeness (QED) is 0.526. The number of anilines is 1. The molecule has 1 aliphatic carbocycles. The molecule has 1 N–H and O–H groups in total. The van der Waals surface area contributed by atoms with Crippen molar-refractivity contribution >= 4 is 29.6 Å². The van der Waals surface area contributed by atoms with Crippen molar-refractivity contribution < 1.29 is 9.90 Å². The largest absolute Gasteiger partial charge is 0.478 e. The summed E-state index contributed by atoms with van der Waals surface area (Å²) in [4.78, 5) is 16.3. The number of aryl methyl sites for hydroxylation is 2. The summed E-state index contributed by atoms with van der Waals surface area (Å²) in [5.41, 5.74) is 8.21. The number of carboxylic acid groups (broad SMARTS) is 1. The average molecular weight is 475 g/mol. The standard InChI is InChI=1S/C29H30N2O2.ClH/c32-29(33)27-12-5-6-14-28(27)31-20-18-30(19-21-31)17-7-13-26-24-10-3-1-8-22(24)15-16-23-9-2-4-11-25(23)26;/h1-6,8-14H,7,15-21H2,(H,32,33);1H. The number of carboxylic acids is 1. The maximum absolute atomic E-state index is 11.6. The van der Waals surface area contributed by atoms with Crippen molar-refractivity contribution in [3.63, 3.8) is 0 Å². The van der Waals surface area contributed by atoms with E-state index in [1.54, 1.807) is 12.1 Å². The van der Waals surface area contributed by atoms with Gasteiger partial charge >= 0.3 is 5.97 Å². The van der Waals surface area contributed by atoms with Crippen LogP contribution in [0.3, 0.4) is 0 Å². The summed E-state index contributed by atoms with van der Waals surface area (Å²) in [7, 11) is 0. The Hall–Kier alpha value is -3.08. The lowest BCUT2D eigenvalue weighted by Gasteiger charge is -2.36. The Morgan fingerprint density at radius 3 is 1.97 bits per heavy atom. The molecule has 1 saturated heterocycles. The number of aromatic carboxylic acids is 1. The molecule has 0 unspecified atom stereocenters. The van der Waals surface area contributed by atoms with Crippen LogP contribution in [0.1, 0.15) is 39.0 Å².